The molecule has 0 spiro atoms. The molecule has 0 N–H and O–H groups in total. The van der Waals surface area contributed by atoms with Crippen LogP contribution in [0.3, 0.4) is 0 Å². The van der Waals surface area contributed by atoms with Gasteiger partial charge in [0.2, 0.25) is 11.8 Å². The van der Waals surface area contributed by atoms with Gasteiger partial charge in [0, 0.05) is 39.2 Å². The Morgan fingerprint density at radius 3 is 2.33 bits per heavy atom. The van der Waals surface area contributed by atoms with E-state index < -0.39 is 0 Å². The van der Waals surface area contributed by atoms with Crippen LogP contribution in [0.25, 0.3) is 0 Å². The summed E-state index contributed by atoms with van der Waals surface area (Å²) in [6.45, 7) is 4.51. The topological polar surface area (TPSA) is 40.6 Å². The lowest BCUT2D eigenvalue weighted by atomic mass is 10.1. The van der Waals surface area contributed by atoms with Gasteiger partial charge in [-0.2, -0.15) is 0 Å². The SMILES string of the molecule is CC(=O)N(CCC(=O)N(C)c1ccccc1)Cc1cccc(C)c1. The molecule has 126 valence electrons. The van der Waals surface area contributed by atoms with Gasteiger partial charge in [0.15, 0.2) is 0 Å². The van der Waals surface area contributed by atoms with Crippen molar-refractivity contribution in [3.8, 4) is 0 Å². The fourth-order valence-corrected chi connectivity index (χ4v) is 2.57. The number of nitrogens with zero attached hydrogens (tertiary/aromatic N) is 2. The van der Waals surface area contributed by atoms with E-state index in [2.05, 4.69) is 6.07 Å². The van der Waals surface area contributed by atoms with Crippen LogP contribution < -0.4 is 4.90 Å². The van der Waals surface area contributed by atoms with Gasteiger partial charge in [0.25, 0.3) is 0 Å². The zero-order valence-electron chi connectivity index (χ0n) is 14.5. The lowest BCUT2D eigenvalue weighted by molar-refractivity contribution is -0.130. The number of benzene rings is 2. The number of amides is 2. The van der Waals surface area contributed by atoms with Crippen molar-refractivity contribution in [1.82, 2.24) is 4.90 Å². The fourth-order valence-electron chi connectivity index (χ4n) is 2.57. The van der Waals surface area contributed by atoms with Crippen molar-refractivity contribution in [2.75, 3.05) is 18.5 Å². The average molecular weight is 324 g/mol. The Morgan fingerprint density at radius 1 is 1.00 bits per heavy atom. The fraction of sp³-hybridized carbons (Fsp3) is 0.300. The molecular weight excluding hydrogens is 300 g/mol. The molecule has 0 saturated carbocycles. The highest BCUT2D eigenvalue weighted by atomic mass is 16.2. The van der Waals surface area contributed by atoms with Gasteiger partial charge in [-0.1, -0.05) is 48.0 Å². The van der Waals surface area contributed by atoms with E-state index in [1.54, 1.807) is 23.8 Å². The molecule has 0 saturated heterocycles. The van der Waals surface area contributed by atoms with Gasteiger partial charge in [-0.3, -0.25) is 9.59 Å². The van der Waals surface area contributed by atoms with Gasteiger partial charge in [-0.25, -0.2) is 0 Å². The van der Waals surface area contributed by atoms with Crippen LogP contribution in [0.5, 0.6) is 0 Å². The summed E-state index contributed by atoms with van der Waals surface area (Å²) >= 11 is 0. The van der Waals surface area contributed by atoms with E-state index in [9.17, 15) is 9.59 Å². The van der Waals surface area contributed by atoms with Crippen LogP contribution in [0.2, 0.25) is 0 Å². The Morgan fingerprint density at radius 2 is 1.71 bits per heavy atom. The molecule has 24 heavy (non-hydrogen) atoms. The van der Waals surface area contributed by atoms with E-state index in [1.807, 2.05) is 55.5 Å². The molecule has 4 heteroatoms. The van der Waals surface area contributed by atoms with Crippen molar-refractivity contribution in [2.45, 2.75) is 26.8 Å². The van der Waals surface area contributed by atoms with Crippen LogP contribution in [0.1, 0.15) is 24.5 Å². The zero-order chi connectivity index (χ0) is 17.5. The van der Waals surface area contributed by atoms with Gasteiger partial charge >= 0.3 is 0 Å². The summed E-state index contributed by atoms with van der Waals surface area (Å²) in [5.74, 6) is -0.0247. The van der Waals surface area contributed by atoms with E-state index in [0.717, 1.165) is 16.8 Å². The van der Waals surface area contributed by atoms with Crippen LogP contribution in [-0.2, 0) is 16.1 Å². The van der Waals surface area contributed by atoms with Gasteiger partial charge in [-0.05, 0) is 24.6 Å². The van der Waals surface area contributed by atoms with Crippen LogP contribution >= 0.6 is 0 Å². The van der Waals surface area contributed by atoms with Crippen molar-refractivity contribution < 1.29 is 9.59 Å². The molecule has 2 rings (SSSR count). The predicted octanol–water partition coefficient (Wildman–Crippen LogP) is 3.40. The molecule has 0 bridgehead atoms. The summed E-state index contributed by atoms with van der Waals surface area (Å²) in [5, 5.41) is 0. The summed E-state index contributed by atoms with van der Waals surface area (Å²) in [4.78, 5) is 27.6. The standard InChI is InChI=1S/C20H24N2O2/c1-16-8-7-9-18(14-16)15-22(17(2)23)13-12-20(24)21(3)19-10-5-4-6-11-19/h4-11,14H,12-13,15H2,1-3H3. The lowest BCUT2D eigenvalue weighted by Crippen LogP contribution is -2.34. The second-order valence-corrected chi connectivity index (χ2v) is 5.97. The summed E-state index contributed by atoms with van der Waals surface area (Å²) in [7, 11) is 1.76. The minimum atomic E-state index is -0.0216. The Bertz CT molecular complexity index is 698. The molecular formula is C20H24N2O2. The molecule has 0 atom stereocenters. The van der Waals surface area contributed by atoms with Crippen molar-refractivity contribution in [1.29, 1.82) is 0 Å². The first-order valence-corrected chi connectivity index (χ1v) is 8.10. The van der Waals surface area contributed by atoms with Gasteiger partial charge in [0.1, 0.15) is 0 Å². The van der Waals surface area contributed by atoms with Crippen LogP contribution in [-0.4, -0.2) is 30.3 Å². The Balaban J connectivity index is 1.96. The first kappa shape index (κ1) is 17.7. The monoisotopic (exact) mass is 324 g/mol. The third-order valence-corrected chi connectivity index (χ3v) is 4.01. The van der Waals surface area contributed by atoms with Crippen LogP contribution in [0.15, 0.2) is 54.6 Å². The molecule has 0 aromatic heterocycles. The molecule has 0 fully saturated rings. The zero-order valence-corrected chi connectivity index (χ0v) is 14.5. The molecule has 0 aliphatic carbocycles. The molecule has 0 unspecified atom stereocenters. The smallest absolute Gasteiger partial charge is 0.228 e. The number of carbonyl (C=O) groups is 2. The van der Waals surface area contributed by atoms with Crippen molar-refractivity contribution >= 4 is 17.5 Å². The highest BCUT2D eigenvalue weighted by molar-refractivity contribution is 5.93. The van der Waals surface area contributed by atoms with Crippen molar-refractivity contribution in [2.24, 2.45) is 0 Å². The number of hydrogen-bond acceptors (Lipinski definition) is 2. The number of hydrogen-bond donors (Lipinski definition) is 0. The van der Waals surface area contributed by atoms with Crippen LogP contribution in [0.4, 0.5) is 5.69 Å². The third-order valence-electron chi connectivity index (χ3n) is 4.01. The van der Waals surface area contributed by atoms with Gasteiger partial charge < -0.3 is 9.80 Å². The maximum atomic E-state index is 12.4. The molecule has 4 nitrogen and oxygen atoms in total. The van der Waals surface area contributed by atoms with Gasteiger partial charge in [0.05, 0.1) is 0 Å². The number of anilines is 1. The molecule has 0 heterocycles. The molecule has 2 aromatic carbocycles. The van der Waals surface area contributed by atoms with E-state index in [1.165, 1.54) is 0 Å². The van der Waals surface area contributed by atoms with Gasteiger partial charge in [-0.15, -0.1) is 0 Å². The third kappa shape index (κ3) is 4.95. The molecule has 2 amide bonds. The first-order chi connectivity index (χ1) is 11.5. The molecule has 0 aliphatic heterocycles. The summed E-state index contributed by atoms with van der Waals surface area (Å²) < 4.78 is 0. The lowest BCUT2D eigenvalue weighted by Gasteiger charge is -2.23. The quantitative estimate of drug-likeness (QED) is 0.817. The minimum absolute atomic E-state index is 0.00306. The van der Waals surface area contributed by atoms with E-state index in [-0.39, 0.29) is 11.8 Å². The van der Waals surface area contributed by atoms with Crippen molar-refractivity contribution in [3.05, 3.63) is 65.7 Å². The summed E-state index contributed by atoms with van der Waals surface area (Å²) in [6.07, 6.45) is 0.302. The van der Waals surface area contributed by atoms with E-state index >= 15 is 0 Å². The number of carbonyl (C=O) groups excluding carboxylic acids is 2. The second kappa shape index (κ2) is 8.29. The highest BCUT2D eigenvalue weighted by Crippen LogP contribution is 2.13. The summed E-state index contributed by atoms with van der Waals surface area (Å²) in [6, 6.07) is 17.6. The van der Waals surface area contributed by atoms with E-state index in [4.69, 9.17) is 0 Å². The van der Waals surface area contributed by atoms with E-state index in [0.29, 0.717) is 19.5 Å². The molecule has 0 radical (unpaired) electrons. The minimum Gasteiger partial charge on any atom is -0.338 e. The average Bonchev–Trinajstić information content (AvgIpc) is 2.58. The summed E-state index contributed by atoms with van der Waals surface area (Å²) in [5.41, 5.74) is 3.10. The largest absolute Gasteiger partial charge is 0.338 e. The van der Waals surface area contributed by atoms with Crippen LogP contribution in [0, 0.1) is 6.92 Å². The number of rotatable bonds is 6. The Kier molecular flexibility index (Phi) is 6.13. The highest BCUT2D eigenvalue weighted by Gasteiger charge is 2.15. The normalized spacial score (nSPS) is 10.3. The van der Waals surface area contributed by atoms with Crippen molar-refractivity contribution in [3.63, 3.8) is 0 Å². The Labute approximate surface area is 143 Å². The maximum Gasteiger partial charge on any atom is 0.228 e. The second-order valence-electron chi connectivity index (χ2n) is 5.97. The number of aryl methyl sites for hydroxylation is 1. The predicted molar refractivity (Wildman–Crippen MR) is 96.7 cm³/mol. The maximum absolute atomic E-state index is 12.4. The number of para-hydroxylation sites is 1. The molecule has 0 aliphatic rings. The first-order valence-electron chi connectivity index (χ1n) is 8.10. The molecule has 2 aromatic rings. The Hall–Kier alpha value is -2.62.